The van der Waals surface area contributed by atoms with Gasteiger partial charge in [0.25, 0.3) is 5.91 Å². The fourth-order valence-electron chi connectivity index (χ4n) is 1.92. The third-order valence-corrected chi connectivity index (χ3v) is 3.08. The van der Waals surface area contributed by atoms with E-state index in [0.717, 1.165) is 5.56 Å². The Morgan fingerprint density at radius 3 is 2.33 bits per heavy atom. The molecule has 0 saturated carbocycles. The molecule has 2 N–H and O–H groups in total. The number of aryl methyl sites for hydroxylation is 1. The quantitative estimate of drug-likeness (QED) is 0.716. The minimum Gasteiger partial charge on any atom is -0.493 e. The number of carboxylic acid groups (broad SMARTS) is 1. The molecule has 1 amide bonds. The van der Waals surface area contributed by atoms with Crippen molar-refractivity contribution in [2.24, 2.45) is 0 Å². The molecule has 0 atom stereocenters. The smallest absolute Gasteiger partial charge is 0.303 e. The molecule has 6 heteroatoms. The summed E-state index contributed by atoms with van der Waals surface area (Å²) in [6.45, 7) is 2.27. The number of ether oxygens (including phenoxy) is 2. The van der Waals surface area contributed by atoms with Gasteiger partial charge in [-0.25, -0.2) is 0 Å². The van der Waals surface area contributed by atoms with Gasteiger partial charge in [-0.3, -0.25) is 9.59 Å². The van der Waals surface area contributed by atoms with E-state index in [-0.39, 0.29) is 12.3 Å². The van der Waals surface area contributed by atoms with E-state index in [1.54, 1.807) is 19.2 Å². The zero-order valence-corrected chi connectivity index (χ0v) is 12.6. The summed E-state index contributed by atoms with van der Waals surface area (Å²) >= 11 is 0. The molecular formula is C15H21NO5. The Kier molecular flexibility index (Phi) is 6.52. The third kappa shape index (κ3) is 4.98. The second-order valence-electron chi connectivity index (χ2n) is 4.63. The largest absolute Gasteiger partial charge is 0.493 e. The molecule has 0 heterocycles. The zero-order chi connectivity index (χ0) is 15.8. The number of carboxylic acids is 1. The molecule has 0 aliphatic carbocycles. The molecule has 1 rings (SSSR count). The summed E-state index contributed by atoms with van der Waals surface area (Å²) in [5, 5.41) is 11.3. The SMILES string of the molecule is COc1cc(C)c(C(=O)NCCCCC(=O)O)cc1OC. The van der Waals surface area contributed by atoms with Crippen molar-refractivity contribution in [2.45, 2.75) is 26.2 Å². The average molecular weight is 295 g/mol. The Hall–Kier alpha value is -2.24. The molecular weight excluding hydrogens is 274 g/mol. The van der Waals surface area contributed by atoms with Crippen LogP contribution in [0.2, 0.25) is 0 Å². The molecule has 21 heavy (non-hydrogen) atoms. The molecule has 1 aromatic rings. The van der Waals surface area contributed by atoms with Crippen LogP contribution in [0.25, 0.3) is 0 Å². The van der Waals surface area contributed by atoms with E-state index >= 15 is 0 Å². The lowest BCUT2D eigenvalue weighted by atomic mass is 10.1. The van der Waals surface area contributed by atoms with E-state index in [2.05, 4.69) is 5.32 Å². The van der Waals surface area contributed by atoms with E-state index in [0.29, 0.717) is 36.4 Å². The maximum absolute atomic E-state index is 12.1. The van der Waals surface area contributed by atoms with Crippen molar-refractivity contribution >= 4 is 11.9 Å². The first-order chi connectivity index (χ1) is 9.99. The van der Waals surface area contributed by atoms with Crippen molar-refractivity contribution in [3.63, 3.8) is 0 Å². The lowest BCUT2D eigenvalue weighted by Gasteiger charge is -2.12. The van der Waals surface area contributed by atoms with Crippen molar-refractivity contribution in [1.82, 2.24) is 5.32 Å². The van der Waals surface area contributed by atoms with Gasteiger partial charge in [-0.2, -0.15) is 0 Å². The molecule has 0 aliphatic rings. The molecule has 0 unspecified atom stereocenters. The lowest BCUT2D eigenvalue weighted by molar-refractivity contribution is -0.137. The molecule has 1 aromatic carbocycles. The number of benzene rings is 1. The van der Waals surface area contributed by atoms with Crippen molar-refractivity contribution in [3.05, 3.63) is 23.3 Å². The summed E-state index contributed by atoms with van der Waals surface area (Å²) in [5.74, 6) is 0.0491. The fraction of sp³-hybridized carbons (Fsp3) is 0.467. The van der Waals surface area contributed by atoms with Crippen LogP contribution in [0.4, 0.5) is 0 Å². The number of rotatable bonds is 8. The second-order valence-corrected chi connectivity index (χ2v) is 4.63. The summed E-state index contributed by atoms with van der Waals surface area (Å²) in [6, 6.07) is 3.39. The Balaban J connectivity index is 2.63. The van der Waals surface area contributed by atoms with Crippen LogP contribution in [0.15, 0.2) is 12.1 Å². The number of unbranched alkanes of at least 4 members (excludes halogenated alkanes) is 1. The average Bonchev–Trinajstić information content (AvgIpc) is 2.45. The maximum Gasteiger partial charge on any atom is 0.303 e. The van der Waals surface area contributed by atoms with Gasteiger partial charge in [-0.1, -0.05) is 0 Å². The maximum atomic E-state index is 12.1. The van der Waals surface area contributed by atoms with Crippen LogP contribution in [0.5, 0.6) is 11.5 Å². The van der Waals surface area contributed by atoms with Crippen molar-refractivity contribution in [1.29, 1.82) is 0 Å². The van der Waals surface area contributed by atoms with Crippen LogP contribution in [0.3, 0.4) is 0 Å². The van der Waals surface area contributed by atoms with Gasteiger partial charge in [0.2, 0.25) is 0 Å². The van der Waals surface area contributed by atoms with Crippen molar-refractivity contribution in [2.75, 3.05) is 20.8 Å². The van der Waals surface area contributed by atoms with Gasteiger partial charge in [-0.05, 0) is 37.5 Å². The van der Waals surface area contributed by atoms with E-state index in [4.69, 9.17) is 14.6 Å². The Morgan fingerprint density at radius 2 is 1.76 bits per heavy atom. The number of hydrogen-bond acceptors (Lipinski definition) is 4. The minimum atomic E-state index is -0.822. The zero-order valence-electron chi connectivity index (χ0n) is 12.6. The highest BCUT2D eigenvalue weighted by atomic mass is 16.5. The van der Waals surface area contributed by atoms with Gasteiger partial charge in [0.15, 0.2) is 11.5 Å². The number of carbonyl (C=O) groups excluding carboxylic acids is 1. The lowest BCUT2D eigenvalue weighted by Crippen LogP contribution is -2.25. The van der Waals surface area contributed by atoms with Crippen LogP contribution < -0.4 is 14.8 Å². The first-order valence-corrected chi connectivity index (χ1v) is 6.72. The highest BCUT2D eigenvalue weighted by Crippen LogP contribution is 2.30. The van der Waals surface area contributed by atoms with E-state index in [1.807, 2.05) is 6.92 Å². The summed E-state index contributed by atoms with van der Waals surface area (Å²) in [6.07, 6.45) is 1.29. The Morgan fingerprint density at radius 1 is 1.14 bits per heavy atom. The van der Waals surface area contributed by atoms with Gasteiger partial charge in [0.05, 0.1) is 14.2 Å². The predicted octanol–water partition coefficient (Wildman–Crippen LogP) is 2.00. The summed E-state index contributed by atoms with van der Waals surface area (Å²) < 4.78 is 10.4. The Bertz CT molecular complexity index is 513. The number of methoxy groups -OCH3 is 2. The highest BCUT2D eigenvalue weighted by Gasteiger charge is 2.14. The van der Waals surface area contributed by atoms with E-state index in [9.17, 15) is 9.59 Å². The molecule has 6 nitrogen and oxygen atoms in total. The van der Waals surface area contributed by atoms with Gasteiger partial charge in [-0.15, -0.1) is 0 Å². The number of amides is 1. The summed E-state index contributed by atoms with van der Waals surface area (Å²) in [7, 11) is 3.06. The monoisotopic (exact) mass is 295 g/mol. The van der Waals surface area contributed by atoms with E-state index < -0.39 is 5.97 Å². The number of aliphatic carboxylic acids is 1. The van der Waals surface area contributed by atoms with E-state index in [1.165, 1.54) is 7.11 Å². The molecule has 0 fully saturated rings. The number of hydrogen-bond donors (Lipinski definition) is 2. The van der Waals surface area contributed by atoms with Gasteiger partial charge in [0, 0.05) is 18.5 Å². The van der Waals surface area contributed by atoms with Gasteiger partial charge >= 0.3 is 5.97 Å². The van der Waals surface area contributed by atoms with Crippen LogP contribution >= 0.6 is 0 Å². The first-order valence-electron chi connectivity index (χ1n) is 6.72. The molecule has 0 radical (unpaired) electrons. The topological polar surface area (TPSA) is 84.9 Å². The summed E-state index contributed by atoms with van der Waals surface area (Å²) in [5.41, 5.74) is 1.31. The van der Waals surface area contributed by atoms with Gasteiger partial charge < -0.3 is 19.9 Å². The molecule has 0 aromatic heterocycles. The summed E-state index contributed by atoms with van der Waals surface area (Å²) in [4.78, 5) is 22.5. The third-order valence-electron chi connectivity index (χ3n) is 3.08. The predicted molar refractivity (Wildman–Crippen MR) is 78.1 cm³/mol. The van der Waals surface area contributed by atoms with Crippen LogP contribution in [0, 0.1) is 6.92 Å². The molecule has 0 saturated heterocycles. The number of nitrogens with one attached hydrogen (secondary N) is 1. The van der Waals surface area contributed by atoms with Crippen LogP contribution in [-0.4, -0.2) is 37.7 Å². The van der Waals surface area contributed by atoms with Crippen LogP contribution in [-0.2, 0) is 4.79 Å². The fourth-order valence-corrected chi connectivity index (χ4v) is 1.92. The van der Waals surface area contributed by atoms with Gasteiger partial charge in [0.1, 0.15) is 0 Å². The highest BCUT2D eigenvalue weighted by molar-refractivity contribution is 5.96. The van der Waals surface area contributed by atoms with Crippen molar-refractivity contribution < 1.29 is 24.2 Å². The van der Waals surface area contributed by atoms with Crippen LogP contribution in [0.1, 0.15) is 35.2 Å². The molecule has 0 spiro atoms. The molecule has 0 aliphatic heterocycles. The normalized spacial score (nSPS) is 10.0. The molecule has 116 valence electrons. The number of carbonyl (C=O) groups is 2. The van der Waals surface area contributed by atoms with Crippen molar-refractivity contribution in [3.8, 4) is 11.5 Å². The molecule has 0 bridgehead atoms. The first kappa shape index (κ1) is 16.8. The minimum absolute atomic E-state index is 0.116. The standard InChI is InChI=1S/C15H21NO5/c1-10-8-12(20-2)13(21-3)9-11(10)15(19)16-7-5-4-6-14(17)18/h8-9H,4-7H2,1-3H3,(H,16,19)(H,17,18). The second kappa shape index (κ2) is 8.14. The Labute approximate surface area is 124 Å².